The standard InChI is InChI=1S/C20H26OSi/c1-22(2,3)21-14-8-12-18-15-17-11-6-7-13-19(17)20(18)16-9-4-5-10-16/h4-7,9,11,13,15,20H,8,10,12,14H2,1-3H3. The number of hydrogen-bond acceptors (Lipinski definition) is 1. The Morgan fingerprint density at radius 3 is 2.73 bits per heavy atom. The van der Waals surface area contributed by atoms with Crippen molar-refractivity contribution in [2.24, 2.45) is 0 Å². The van der Waals surface area contributed by atoms with Crippen molar-refractivity contribution in [3.05, 3.63) is 64.8 Å². The van der Waals surface area contributed by atoms with Crippen LogP contribution in [-0.2, 0) is 4.43 Å². The fourth-order valence-electron chi connectivity index (χ4n) is 3.37. The molecule has 1 aromatic rings. The average molecular weight is 311 g/mol. The van der Waals surface area contributed by atoms with Gasteiger partial charge >= 0.3 is 0 Å². The number of fused-ring (bicyclic) bond motifs is 1. The molecular weight excluding hydrogens is 284 g/mol. The van der Waals surface area contributed by atoms with Gasteiger partial charge < -0.3 is 4.43 Å². The monoisotopic (exact) mass is 310 g/mol. The van der Waals surface area contributed by atoms with Crippen LogP contribution in [0.2, 0.25) is 19.6 Å². The minimum atomic E-state index is -1.38. The fourth-order valence-corrected chi connectivity index (χ4v) is 4.13. The average Bonchev–Trinajstić information content (AvgIpc) is 3.09. The molecule has 2 aliphatic rings. The van der Waals surface area contributed by atoms with Gasteiger partial charge in [0.05, 0.1) is 0 Å². The number of allylic oxidation sites excluding steroid dienone is 5. The lowest BCUT2D eigenvalue weighted by Crippen LogP contribution is -2.25. The highest BCUT2D eigenvalue weighted by Gasteiger charge is 2.27. The Bertz CT molecular complexity index is 631. The zero-order chi connectivity index (χ0) is 15.6. The van der Waals surface area contributed by atoms with E-state index in [9.17, 15) is 0 Å². The van der Waals surface area contributed by atoms with Crippen LogP contribution < -0.4 is 0 Å². The first-order valence-corrected chi connectivity index (χ1v) is 11.7. The van der Waals surface area contributed by atoms with Gasteiger partial charge in [0.2, 0.25) is 0 Å². The quantitative estimate of drug-likeness (QED) is 0.485. The number of benzene rings is 1. The molecule has 3 rings (SSSR count). The molecular formula is C20H26OSi. The molecule has 0 saturated carbocycles. The normalized spacial score (nSPS) is 20.0. The van der Waals surface area contributed by atoms with Crippen molar-refractivity contribution in [2.75, 3.05) is 6.61 Å². The Balaban J connectivity index is 1.70. The molecule has 22 heavy (non-hydrogen) atoms. The maximum absolute atomic E-state index is 6.01. The summed E-state index contributed by atoms with van der Waals surface area (Å²) in [5.74, 6) is 0.498. The first-order chi connectivity index (χ1) is 10.5. The lowest BCUT2D eigenvalue weighted by atomic mass is 9.86. The minimum absolute atomic E-state index is 0.498. The van der Waals surface area contributed by atoms with Gasteiger partial charge in [-0.15, -0.1) is 0 Å². The van der Waals surface area contributed by atoms with E-state index in [0.29, 0.717) is 5.92 Å². The van der Waals surface area contributed by atoms with E-state index in [2.05, 4.69) is 68.2 Å². The maximum atomic E-state index is 6.01. The maximum Gasteiger partial charge on any atom is 0.183 e. The molecule has 0 aliphatic heterocycles. The van der Waals surface area contributed by atoms with E-state index in [1.807, 2.05) is 0 Å². The second kappa shape index (κ2) is 6.39. The lowest BCUT2D eigenvalue weighted by Gasteiger charge is -2.20. The predicted octanol–water partition coefficient (Wildman–Crippen LogP) is 5.69. The van der Waals surface area contributed by atoms with Crippen LogP contribution in [0.25, 0.3) is 6.08 Å². The van der Waals surface area contributed by atoms with Crippen LogP contribution in [0.3, 0.4) is 0 Å². The summed E-state index contributed by atoms with van der Waals surface area (Å²) in [6, 6.07) is 8.85. The van der Waals surface area contributed by atoms with Gasteiger partial charge in [0.1, 0.15) is 0 Å². The van der Waals surface area contributed by atoms with Crippen LogP contribution in [0, 0.1) is 0 Å². The van der Waals surface area contributed by atoms with Crippen LogP contribution in [0.1, 0.15) is 36.3 Å². The van der Waals surface area contributed by atoms with Gasteiger partial charge in [-0.1, -0.05) is 59.7 Å². The predicted molar refractivity (Wildman–Crippen MR) is 97.5 cm³/mol. The molecule has 2 aliphatic carbocycles. The van der Waals surface area contributed by atoms with Crippen LogP contribution >= 0.6 is 0 Å². The van der Waals surface area contributed by atoms with Gasteiger partial charge in [-0.05, 0) is 50.0 Å². The summed E-state index contributed by atoms with van der Waals surface area (Å²) < 4.78 is 6.01. The summed E-state index contributed by atoms with van der Waals surface area (Å²) in [6.45, 7) is 7.67. The molecule has 0 amide bonds. The van der Waals surface area contributed by atoms with E-state index < -0.39 is 8.32 Å². The third kappa shape index (κ3) is 3.50. The van der Waals surface area contributed by atoms with E-state index in [1.54, 1.807) is 11.1 Å². The molecule has 1 unspecified atom stereocenters. The highest BCUT2D eigenvalue weighted by molar-refractivity contribution is 6.69. The second-order valence-corrected chi connectivity index (χ2v) is 11.7. The summed E-state index contributed by atoms with van der Waals surface area (Å²) in [5.41, 5.74) is 6.00. The van der Waals surface area contributed by atoms with Crippen LogP contribution in [0.4, 0.5) is 0 Å². The third-order valence-corrected chi connectivity index (χ3v) is 5.40. The Labute approximate surface area is 135 Å². The summed E-state index contributed by atoms with van der Waals surface area (Å²) in [5, 5.41) is 0. The van der Waals surface area contributed by atoms with Crippen molar-refractivity contribution in [3.63, 3.8) is 0 Å². The molecule has 0 spiro atoms. The first kappa shape index (κ1) is 15.5. The van der Waals surface area contributed by atoms with E-state index in [1.165, 1.54) is 11.1 Å². The Morgan fingerprint density at radius 1 is 1.18 bits per heavy atom. The van der Waals surface area contributed by atoms with Crippen molar-refractivity contribution in [2.45, 2.75) is 44.8 Å². The number of hydrogen-bond donors (Lipinski definition) is 0. The molecule has 2 heteroatoms. The first-order valence-electron chi connectivity index (χ1n) is 8.33. The van der Waals surface area contributed by atoms with E-state index in [4.69, 9.17) is 4.43 Å². The third-order valence-electron chi connectivity index (χ3n) is 4.33. The lowest BCUT2D eigenvalue weighted by molar-refractivity contribution is 0.304. The molecule has 0 bridgehead atoms. The van der Waals surface area contributed by atoms with E-state index in [-0.39, 0.29) is 0 Å². The molecule has 0 fully saturated rings. The van der Waals surface area contributed by atoms with Crippen molar-refractivity contribution >= 4 is 14.4 Å². The Kier molecular flexibility index (Phi) is 4.51. The number of rotatable bonds is 6. The minimum Gasteiger partial charge on any atom is -0.418 e. The van der Waals surface area contributed by atoms with Gasteiger partial charge in [0, 0.05) is 12.5 Å². The topological polar surface area (TPSA) is 9.23 Å². The molecule has 0 N–H and O–H groups in total. The van der Waals surface area contributed by atoms with Crippen molar-refractivity contribution in [1.82, 2.24) is 0 Å². The Hall–Kier alpha value is -1.38. The largest absolute Gasteiger partial charge is 0.418 e. The van der Waals surface area contributed by atoms with Crippen molar-refractivity contribution < 1.29 is 4.43 Å². The Morgan fingerprint density at radius 2 is 2.00 bits per heavy atom. The summed E-state index contributed by atoms with van der Waals surface area (Å²) >= 11 is 0. The van der Waals surface area contributed by atoms with E-state index in [0.717, 1.165) is 25.9 Å². The zero-order valence-electron chi connectivity index (χ0n) is 13.9. The highest BCUT2D eigenvalue weighted by atomic mass is 28.4. The van der Waals surface area contributed by atoms with Crippen LogP contribution in [-0.4, -0.2) is 14.9 Å². The van der Waals surface area contributed by atoms with Gasteiger partial charge in [0.25, 0.3) is 0 Å². The van der Waals surface area contributed by atoms with Crippen molar-refractivity contribution in [1.29, 1.82) is 0 Å². The fraction of sp³-hybridized carbons (Fsp3) is 0.400. The van der Waals surface area contributed by atoms with E-state index >= 15 is 0 Å². The SMILES string of the molecule is C[Si](C)(C)OCCCC1=Cc2ccccc2C1C1=CC=CC1. The van der Waals surface area contributed by atoms with Crippen LogP contribution in [0.5, 0.6) is 0 Å². The summed E-state index contributed by atoms with van der Waals surface area (Å²) in [6.07, 6.45) is 12.5. The second-order valence-electron chi connectivity index (χ2n) is 7.22. The van der Waals surface area contributed by atoms with Gasteiger partial charge in [-0.3, -0.25) is 0 Å². The molecule has 0 radical (unpaired) electrons. The molecule has 116 valence electrons. The summed E-state index contributed by atoms with van der Waals surface area (Å²) in [7, 11) is -1.38. The molecule has 0 saturated heterocycles. The summed E-state index contributed by atoms with van der Waals surface area (Å²) in [4.78, 5) is 0. The highest BCUT2D eigenvalue weighted by Crippen LogP contribution is 2.44. The van der Waals surface area contributed by atoms with Gasteiger partial charge in [0.15, 0.2) is 8.32 Å². The molecule has 1 atom stereocenters. The molecule has 1 nitrogen and oxygen atoms in total. The van der Waals surface area contributed by atoms with Crippen LogP contribution in [0.15, 0.2) is 53.6 Å². The van der Waals surface area contributed by atoms with Crippen molar-refractivity contribution in [3.8, 4) is 0 Å². The molecule has 0 heterocycles. The smallest absolute Gasteiger partial charge is 0.183 e. The molecule has 0 aromatic heterocycles. The van der Waals surface area contributed by atoms with Gasteiger partial charge in [-0.2, -0.15) is 0 Å². The molecule has 1 aromatic carbocycles. The zero-order valence-corrected chi connectivity index (χ0v) is 14.9. The van der Waals surface area contributed by atoms with Gasteiger partial charge in [-0.25, -0.2) is 0 Å².